The van der Waals surface area contributed by atoms with Gasteiger partial charge in [0.2, 0.25) is 5.95 Å². The van der Waals surface area contributed by atoms with Gasteiger partial charge in [-0.3, -0.25) is 0 Å². The van der Waals surface area contributed by atoms with Crippen molar-refractivity contribution >= 4 is 5.95 Å². The molecule has 0 amide bonds. The van der Waals surface area contributed by atoms with Crippen LogP contribution in [0.1, 0.15) is 32.1 Å². The van der Waals surface area contributed by atoms with E-state index in [4.69, 9.17) is 4.74 Å². The number of imidazole rings is 1. The Labute approximate surface area is 97.0 Å². The van der Waals surface area contributed by atoms with Crippen LogP contribution < -0.4 is 5.32 Å². The van der Waals surface area contributed by atoms with Crippen molar-refractivity contribution in [1.82, 2.24) is 9.55 Å². The van der Waals surface area contributed by atoms with Gasteiger partial charge in [0.25, 0.3) is 0 Å². The second kappa shape index (κ2) is 5.89. The highest BCUT2D eigenvalue weighted by atomic mass is 16.5. The second-order valence-corrected chi connectivity index (χ2v) is 4.33. The van der Waals surface area contributed by atoms with Crippen LogP contribution >= 0.6 is 0 Å². The molecule has 2 rings (SSSR count). The van der Waals surface area contributed by atoms with E-state index in [1.165, 1.54) is 32.1 Å². The third kappa shape index (κ3) is 2.98. The summed E-state index contributed by atoms with van der Waals surface area (Å²) < 4.78 is 7.97. The molecule has 0 radical (unpaired) electrons. The zero-order chi connectivity index (χ0) is 11.2. The first-order chi connectivity index (χ1) is 7.90. The Hall–Kier alpha value is -1.03. The quantitative estimate of drug-likeness (QED) is 0.832. The molecule has 1 saturated carbocycles. The van der Waals surface area contributed by atoms with Crippen LogP contribution in [-0.4, -0.2) is 29.3 Å². The number of hydrogen-bond acceptors (Lipinski definition) is 3. The van der Waals surface area contributed by atoms with E-state index in [1.54, 1.807) is 0 Å². The summed E-state index contributed by atoms with van der Waals surface area (Å²) in [6.07, 6.45) is 10.8. The van der Waals surface area contributed by atoms with Crippen LogP contribution in [0.4, 0.5) is 5.95 Å². The lowest BCUT2D eigenvalue weighted by Crippen LogP contribution is -2.19. The van der Waals surface area contributed by atoms with E-state index in [2.05, 4.69) is 14.9 Å². The van der Waals surface area contributed by atoms with E-state index < -0.39 is 0 Å². The molecule has 1 N–H and O–H groups in total. The Morgan fingerprint density at radius 2 is 2.25 bits per heavy atom. The fourth-order valence-corrected chi connectivity index (χ4v) is 2.27. The van der Waals surface area contributed by atoms with Crippen molar-refractivity contribution < 1.29 is 4.74 Å². The van der Waals surface area contributed by atoms with Gasteiger partial charge in [0, 0.05) is 26.0 Å². The van der Waals surface area contributed by atoms with Gasteiger partial charge >= 0.3 is 0 Å². The topological polar surface area (TPSA) is 39.1 Å². The molecule has 0 aliphatic heterocycles. The molecule has 0 aromatic carbocycles. The van der Waals surface area contributed by atoms with Gasteiger partial charge in [0.1, 0.15) is 0 Å². The second-order valence-electron chi connectivity index (χ2n) is 4.33. The molecule has 0 bridgehead atoms. The maximum Gasteiger partial charge on any atom is 0.202 e. The Balaban J connectivity index is 1.71. The molecular formula is C12H21N3O. The van der Waals surface area contributed by atoms with Crippen LogP contribution in [-0.2, 0) is 11.3 Å². The number of nitrogens with zero attached hydrogens (tertiary/aromatic N) is 2. The molecule has 1 aliphatic carbocycles. The normalized spacial score (nSPS) is 17.6. The van der Waals surface area contributed by atoms with Crippen molar-refractivity contribution in [3.05, 3.63) is 12.4 Å². The first-order valence-electron chi connectivity index (χ1n) is 6.20. The number of nitrogens with one attached hydrogen (secondary N) is 1. The summed E-state index contributed by atoms with van der Waals surface area (Å²) in [6.45, 7) is 1.67. The van der Waals surface area contributed by atoms with E-state index in [0.717, 1.165) is 19.1 Å². The summed E-state index contributed by atoms with van der Waals surface area (Å²) in [5, 5.41) is 3.06. The lowest BCUT2D eigenvalue weighted by molar-refractivity contribution is 0.0243. The Morgan fingerprint density at radius 1 is 1.44 bits per heavy atom. The highest BCUT2D eigenvalue weighted by Crippen LogP contribution is 2.20. The van der Waals surface area contributed by atoms with Gasteiger partial charge in [-0.1, -0.05) is 19.3 Å². The molecule has 1 aromatic heterocycles. The lowest BCUT2D eigenvalue weighted by atomic mass is 9.98. The average molecular weight is 223 g/mol. The van der Waals surface area contributed by atoms with Crippen molar-refractivity contribution in [3.63, 3.8) is 0 Å². The predicted molar refractivity (Wildman–Crippen MR) is 64.6 cm³/mol. The molecule has 90 valence electrons. The minimum absolute atomic E-state index is 0.496. The van der Waals surface area contributed by atoms with Crippen molar-refractivity contribution in [3.8, 4) is 0 Å². The minimum Gasteiger partial charge on any atom is -0.376 e. The monoisotopic (exact) mass is 223 g/mol. The van der Waals surface area contributed by atoms with Gasteiger partial charge in [-0.15, -0.1) is 0 Å². The molecule has 1 heterocycles. The molecule has 16 heavy (non-hydrogen) atoms. The number of aromatic nitrogens is 2. The third-order valence-corrected chi connectivity index (χ3v) is 3.18. The van der Waals surface area contributed by atoms with Crippen LogP contribution in [0.2, 0.25) is 0 Å². The van der Waals surface area contributed by atoms with Crippen LogP contribution in [0.5, 0.6) is 0 Å². The Kier molecular flexibility index (Phi) is 4.22. The Bertz CT molecular complexity index is 305. The van der Waals surface area contributed by atoms with Gasteiger partial charge < -0.3 is 14.6 Å². The first kappa shape index (κ1) is 11.5. The summed E-state index contributed by atoms with van der Waals surface area (Å²) in [5.74, 6) is 0.909. The fourth-order valence-electron chi connectivity index (χ4n) is 2.27. The molecule has 0 unspecified atom stereocenters. The summed E-state index contributed by atoms with van der Waals surface area (Å²) in [4.78, 5) is 4.20. The van der Waals surface area contributed by atoms with Crippen molar-refractivity contribution in [2.24, 2.45) is 0 Å². The average Bonchev–Trinajstić information content (AvgIpc) is 2.78. The number of anilines is 1. The maximum absolute atomic E-state index is 5.88. The van der Waals surface area contributed by atoms with Gasteiger partial charge in [-0.05, 0) is 12.8 Å². The van der Waals surface area contributed by atoms with Gasteiger partial charge in [0.05, 0.1) is 12.7 Å². The third-order valence-electron chi connectivity index (χ3n) is 3.18. The summed E-state index contributed by atoms with van der Waals surface area (Å²) in [6, 6.07) is 0. The van der Waals surface area contributed by atoms with Crippen LogP contribution in [0.25, 0.3) is 0 Å². The Morgan fingerprint density at radius 3 is 3.00 bits per heavy atom. The standard InChI is InChI=1S/C12H21N3O/c1-13-12-14-7-8-15(12)9-10-16-11-5-3-2-4-6-11/h7-8,11H,2-6,9-10H2,1H3,(H,13,14). The van der Waals surface area contributed by atoms with E-state index in [9.17, 15) is 0 Å². The zero-order valence-corrected chi connectivity index (χ0v) is 9.98. The van der Waals surface area contributed by atoms with Gasteiger partial charge in [-0.25, -0.2) is 4.98 Å². The highest BCUT2D eigenvalue weighted by Gasteiger charge is 2.13. The number of ether oxygens (including phenoxy) is 1. The molecule has 1 fully saturated rings. The molecule has 0 saturated heterocycles. The van der Waals surface area contributed by atoms with Crippen molar-refractivity contribution in [2.45, 2.75) is 44.8 Å². The molecule has 0 spiro atoms. The summed E-state index contributed by atoms with van der Waals surface area (Å²) in [7, 11) is 1.89. The van der Waals surface area contributed by atoms with E-state index in [-0.39, 0.29) is 0 Å². The minimum atomic E-state index is 0.496. The van der Waals surface area contributed by atoms with E-state index >= 15 is 0 Å². The summed E-state index contributed by atoms with van der Waals surface area (Å²) >= 11 is 0. The molecule has 4 nitrogen and oxygen atoms in total. The van der Waals surface area contributed by atoms with Gasteiger partial charge in [-0.2, -0.15) is 0 Å². The van der Waals surface area contributed by atoms with Gasteiger partial charge in [0.15, 0.2) is 0 Å². The molecule has 1 aromatic rings. The molecule has 4 heteroatoms. The SMILES string of the molecule is CNc1nccn1CCOC1CCCCC1. The van der Waals surface area contributed by atoms with Crippen LogP contribution in [0.3, 0.4) is 0 Å². The van der Waals surface area contributed by atoms with Crippen molar-refractivity contribution in [1.29, 1.82) is 0 Å². The van der Waals surface area contributed by atoms with Crippen LogP contribution in [0.15, 0.2) is 12.4 Å². The summed E-state index contributed by atoms with van der Waals surface area (Å²) in [5.41, 5.74) is 0. The smallest absolute Gasteiger partial charge is 0.202 e. The van der Waals surface area contributed by atoms with Crippen LogP contribution in [0, 0.1) is 0 Å². The lowest BCUT2D eigenvalue weighted by Gasteiger charge is -2.22. The van der Waals surface area contributed by atoms with E-state index in [0.29, 0.717) is 6.10 Å². The molecule has 0 atom stereocenters. The predicted octanol–water partition coefficient (Wildman–Crippen LogP) is 2.27. The van der Waals surface area contributed by atoms with Crippen molar-refractivity contribution in [2.75, 3.05) is 19.0 Å². The first-order valence-corrected chi connectivity index (χ1v) is 6.20. The number of hydrogen-bond donors (Lipinski definition) is 1. The largest absolute Gasteiger partial charge is 0.376 e. The molecule has 1 aliphatic rings. The highest BCUT2D eigenvalue weighted by molar-refractivity contribution is 5.23. The zero-order valence-electron chi connectivity index (χ0n) is 9.98. The molecular weight excluding hydrogens is 202 g/mol. The fraction of sp³-hybridized carbons (Fsp3) is 0.750. The van der Waals surface area contributed by atoms with E-state index in [1.807, 2.05) is 19.4 Å². The number of rotatable bonds is 5. The maximum atomic E-state index is 5.88.